The lowest BCUT2D eigenvalue weighted by Crippen LogP contribution is -2.12. The first-order valence-electron chi connectivity index (χ1n) is 6.17. The average Bonchev–Trinajstić information content (AvgIpc) is 3.00. The summed E-state index contributed by atoms with van der Waals surface area (Å²) in [5.74, 6) is 3.97. The molecule has 0 aliphatic carbocycles. The summed E-state index contributed by atoms with van der Waals surface area (Å²) in [6.07, 6.45) is 1.23. The lowest BCUT2D eigenvalue weighted by Gasteiger charge is -2.12. The van der Waals surface area contributed by atoms with Crippen molar-refractivity contribution in [3.8, 4) is 0 Å². The zero-order chi connectivity index (χ0) is 13.4. The Kier molecular flexibility index (Phi) is 4.06. The zero-order valence-electron chi connectivity index (χ0n) is 10.2. The van der Waals surface area contributed by atoms with Crippen molar-refractivity contribution >= 4 is 50.3 Å². The third kappa shape index (κ3) is 2.65. The molecular weight excluding hydrogens is 351 g/mol. The van der Waals surface area contributed by atoms with Crippen molar-refractivity contribution in [1.82, 2.24) is 9.55 Å². The van der Waals surface area contributed by atoms with Gasteiger partial charge in [0.1, 0.15) is 11.6 Å². The van der Waals surface area contributed by atoms with Crippen LogP contribution in [-0.4, -0.2) is 21.1 Å². The quantitative estimate of drug-likeness (QED) is 0.751. The van der Waals surface area contributed by atoms with E-state index in [4.69, 9.17) is 11.6 Å². The fraction of sp³-hybridized carbons (Fsp3) is 0.462. The Morgan fingerprint density at radius 2 is 2.37 bits per heavy atom. The van der Waals surface area contributed by atoms with Crippen LogP contribution in [0.15, 0.2) is 16.6 Å². The molecule has 1 aromatic heterocycles. The Bertz CT molecular complexity index is 610. The van der Waals surface area contributed by atoms with E-state index >= 15 is 0 Å². The van der Waals surface area contributed by atoms with E-state index in [2.05, 4.69) is 25.5 Å². The number of nitrogens with zero attached hydrogens (tertiary/aromatic N) is 2. The molecule has 0 N–H and O–H groups in total. The third-order valence-corrected chi connectivity index (χ3v) is 5.53. The van der Waals surface area contributed by atoms with E-state index < -0.39 is 0 Å². The topological polar surface area (TPSA) is 17.8 Å². The Balaban J connectivity index is 2.06. The molecule has 2 heterocycles. The van der Waals surface area contributed by atoms with Crippen LogP contribution in [0.1, 0.15) is 12.2 Å². The second kappa shape index (κ2) is 5.62. The second-order valence-electron chi connectivity index (χ2n) is 4.76. The average molecular weight is 364 g/mol. The summed E-state index contributed by atoms with van der Waals surface area (Å²) >= 11 is 11.2. The van der Waals surface area contributed by atoms with Crippen molar-refractivity contribution in [2.75, 3.05) is 11.5 Å². The van der Waals surface area contributed by atoms with Gasteiger partial charge in [-0.25, -0.2) is 9.37 Å². The highest BCUT2D eigenvalue weighted by molar-refractivity contribution is 9.10. The number of halogens is 3. The van der Waals surface area contributed by atoms with Gasteiger partial charge in [-0.3, -0.25) is 0 Å². The van der Waals surface area contributed by atoms with Crippen molar-refractivity contribution in [3.05, 3.63) is 28.2 Å². The molecule has 0 bridgehead atoms. The first-order valence-corrected chi connectivity index (χ1v) is 8.65. The third-order valence-electron chi connectivity index (χ3n) is 3.45. The number of benzene rings is 1. The first-order chi connectivity index (χ1) is 9.19. The number of hydrogen-bond acceptors (Lipinski definition) is 2. The van der Waals surface area contributed by atoms with Gasteiger partial charge < -0.3 is 4.57 Å². The van der Waals surface area contributed by atoms with Crippen LogP contribution in [0.4, 0.5) is 4.39 Å². The van der Waals surface area contributed by atoms with Crippen molar-refractivity contribution in [1.29, 1.82) is 0 Å². The van der Waals surface area contributed by atoms with Gasteiger partial charge in [0.05, 0.1) is 21.4 Å². The molecule has 102 valence electrons. The molecule has 2 aromatic rings. The lowest BCUT2D eigenvalue weighted by molar-refractivity contribution is 0.492. The van der Waals surface area contributed by atoms with E-state index in [-0.39, 0.29) is 5.82 Å². The van der Waals surface area contributed by atoms with Gasteiger partial charge in [-0.2, -0.15) is 11.8 Å². The fourth-order valence-electron chi connectivity index (χ4n) is 2.46. The number of imidazole rings is 1. The number of hydrogen-bond donors (Lipinski definition) is 0. The Hall–Kier alpha value is -0.260. The highest BCUT2D eigenvalue weighted by Gasteiger charge is 2.20. The SMILES string of the molecule is Fc1cc2nc(CCl)n(CC3CCSC3)c2cc1Br. The van der Waals surface area contributed by atoms with E-state index in [0.717, 1.165) is 17.9 Å². The molecule has 1 fully saturated rings. The van der Waals surface area contributed by atoms with Gasteiger partial charge >= 0.3 is 0 Å². The van der Waals surface area contributed by atoms with Crippen molar-refractivity contribution < 1.29 is 4.39 Å². The van der Waals surface area contributed by atoms with Crippen LogP contribution < -0.4 is 0 Å². The summed E-state index contributed by atoms with van der Waals surface area (Å²) in [6, 6.07) is 3.27. The summed E-state index contributed by atoms with van der Waals surface area (Å²) < 4.78 is 16.2. The first kappa shape index (κ1) is 13.7. The van der Waals surface area contributed by atoms with Crippen LogP contribution in [0.25, 0.3) is 11.0 Å². The van der Waals surface area contributed by atoms with Crippen LogP contribution in [0, 0.1) is 11.7 Å². The predicted octanol–water partition coefficient (Wildman–Crippen LogP) is 4.43. The Morgan fingerprint density at radius 3 is 3.05 bits per heavy atom. The summed E-state index contributed by atoms with van der Waals surface area (Å²) in [5, 5.41) is 0. The van der Waals surface area contributed by atoms with E-state index in [1.54, 1.807) is 6.07 Å². The van der Waals surface area contributed by atoms with Gasteiger partial charge in [-0.1, -0.05) is 0 Å². The Labute approximate surface area is 128 Å². The molecule has 0 amide bonds. The van der Waals surface area contributed by atoms with E-state index in [9.17, 15) is 4.39 Å². The van der Waals surface area contributed by atoms with E-state index in [1.165, 1.54) is 24.0 Å². The highest BCUT2D eigenvalue weighted by atomic mass is 79.9. The monoisotopic (exact) mass is 362 g/mol. The molecule has 1 saturated heterocycles. The number of thioether (sulfide) groups is 1. The molecule has 1 aromatic carbocycles. The van der Waals surface area contributed by atoms with Gasteiger partial charge in [-0.15, -0.1) is 11.6 Å². The maximum atomic E-state index is 13.6. The number of rotatable bonds is 3. The maximum Gasteiger partial charge on any atom is 0.139 e. The summed E-state index contributed by atoms with van der Waals surface area (Å²) in [5.41, 5.74) is 1.64. The molecule has 6 heteroatoms. The van der Waals surface area contributed by atoms with Gasteiger partial charge in [0.25, 0.3) is 0 Å². The van der Waals surface area contributed by atoms with Crippen molar-refractivity contribution in [3.63, 3.8) is 0 Å². The van der Waals surface area contributed by atoms with Gasteiger partial charge in [0, 0.05) is 12.6 Å². The maximum absolute atomic E-state index is 13.6. The minimum Gasteiger partial charge on any atom is -0.327 e. The number of aromatic nitrogens is 2. The van der Waals surface area contributed by atoms with E-state index in [0.29, 0.717) is 21.8 Å². The van der Waals surface area contributed by atoms with E-state index in [1.807, 2.05) is 11.8 Å². The zero-order valence-corrected chi connectivity index (χ0v) is 13.4. The lowest BCUT2D eigenvalue weighted by atomic mass is 10.1. The van der Waals surface area contributed by atoms with Crippen LogP contribution >= 0.6 is 39.3 Å². The summed E-state index contributed by atoms with van der Waals surface area (Å²) in [6.45, 7) is 0.920. The number of alkyl halides is 1. The largest absolute Gasteiger partial charge is 0.327 e. The molecular formula is C13H13BrClFN2S. The molecule has 0 saturated carbocycles. The fourth-order valence-corrected chi connectivity index (χ4v) is 4.27. The minimum atomic E-state index is -0.283. The normalized spacial score (nSPS) is 19.4. The predicted molar refractivity (Wildman–Crippen MR) is 82.4 cm³/mol. The molecule has 2 nitrogen and oxygen atoms in total. The van der Waals surface area contributed by atoms with Crippen LogP contribution in [0.2, 0.25) is 0 Å². The molecule has 19 heavy (non-hydrogen) atoms. The highest BCUT2D eigenvalue weighted by Crippen LogP contribution is 2.29. The van der Waals surface area contributed by atoms with Crippen LogP contribution in [0.5, 0.6) is 0 Å². The molecule has 0 spiro atoms. The van der Waals surface area contributed by atoms with Crippen LogP contribution in [-0.2, 0) is 12.4 Å². The van der Waals surface area contributed by atoms with Crippen LogP contribution in [0.3, 0.4) is 0 Å². The van der Waals surface area contributed by atoms with Gasteiger partial charge in [-0.05, 0) is 45.8 Å². The van der Waals surface area contributed by atoms with Gasteiger partial charge in [0.2, 0.25) is 0 Å². The molecule has 1 atom stereocenters. The summed E-state index contributed by atoms with van der Waals surface area (Å²) in [4.78, 5) is 4.44. The molecule has 1 unspecified atom stereocenters. The molecule has 0 radical (unpaired) electrons. The Morgan fingerprint density at radius 1 is 1.53 bits per heavy atom. The van der Waals surface area contributed by atoms with Gasteiger partial charge in [0.15, 0.2) is 0 Å². The number of fused-ring (bicyclic) bond motifs is 1. The smallest absolute Gasteiger partial charge is 0.139 e. The second-order valence-corrected chi connectivity index (χ2v) is 7.03. The minimum absolute atomic E-state index is 0.283. The van der Waals surface area contributed by atoms with Crippen molar-refractivity contribution in [2.45, 2.75) is 18.8 Å². The summed E-state index contributed by atoms with van der Waals surface area (Å²) in [7, 11) is 0. The molecule has 3 rings (SSSR count). The molecule has 1 aliphatic rings. The van der Waals surface area contributed by atoms with Crippen molar-refractivity contribution in [2.24, 2.45) is 5.92 Å². The standard InChI is InChI=1S/C13H13BrClFN2S/c14-9-3-12-11(4-10(9)16)17-13(5-15)18(12)6-8-1-2-19-7-8/h3-4,8H,1-2,5-7H2. The molecule has 1 aliphatic heterocycles.